The smallest absolute Gasteiger partial charge is 0.0541 e. The third-order valence-electron chi connectivity index (χ3n) is 22.5. The summed E-state index contributed by atoms with van der Waals surface area (Å²) in [5.74, 6) is 0. The second-order valence-electron chi connectivity index (χ2n) is 29.2. The van der Waals surface area contributed by atoms with Crippen molar-refractivity contribution in [3.8, 4) is 117 Å². The van der Waals surface area contributed by atoms with E-state index in [4.69, 9.17) is 0 Å². The van der Waals surface area contributed by atoms with Gasteiger partial charge in [0.05, 0.1) is 11.0 Å². The van der Waals surface area contributed by atoms with E-state index in [0.29, 0.717) is 0 Å². The van der Waals surface area contributed by atoms with Crippen molar-refractivity contribution in [2.45, 2.75) is 19.3 Å². The predicted molar refractivity (Wildman–Crippen MR) is 454 cm³/mol. The Morgan fingerprint density at radius 2 is 0.589 bits per heavy atom. The summed E-state index contributed by atoms with van der Waals surface area (Å²) in [4.78, 5) is 2.44. The van der Waals surface area contributed by atoms with Crippen molar-refractivity contribution >= 4 is 71.2 Å². The Hall–Kier alpha value is -13.7. The zero-order valence-corrected chi connectivity index (χ0v) is 59.5. The Labute approximate surface area is 624 Å². The number of fused-ring (bicyclic) bond motifs is 9. The number of para-hydroxylation sites is 2. The van der Waals surface area contributed by atoms with Gasteiger partial charge in [-0.05, 0) is 276 Å². The van der Waals surface area contributed by atoms with E-state index in [0.717, 1.165) is 50.6 Å². The first-order valence-electron chi connectivity index (χ1n) is 37.2. The Kier molecular flexibility index (Phi) is 15.3. The highest BCUT2D eigenvalue weighted by Crippen LogP contribution is 2.53. The molecule has 0 amide bonds. The first-order chi connectivity index (χ1) is 52.8. The van der Waals surface area contributed by atoms with E-state index in [-0.39, 0.29) is 5.41 Å². The normalized spacial score (nSPS) is 12.3. The standard InChI is InChI=1S/C105H72N2/c1-105(2)100-67-79(46-53-95(100)96-54-52-91(68-101(96)105)106(89-48-42-74(43-49-89)69-22-7-3-8-23-69)90-50-44-75(45-51-90)78-47-57-103-99(66-78)97-34-19-20-37-102(97)107(103)88-32-13-6-14-33-88)84-63-86(85-61-82(70-24-9-4-10-25-70)60-83(62-85)71-26-11-5-12-27-71)65-87(64-84)92-55-56-94(81-41-39-73-29-16-18-31-77(73)59-81)104-93(35-21-36-98(92)104)80-40-38-72-28-15-17-30-76(72)58-80/h3-68H,1-2H3. The van der Waals surface area contributed by atoms with E-state index in [1.807, 2.05) is 0 Å². The van der Waals surface area contributed by atoms with Crippen molar-refractivity contribution in [2.75, 3.05) is 4.90 Å². The highest BCUT2D eigenvalue weighted by Gasteiger charge is 2.37. The van der Waals surface area contributed by atoms with Gasteiger partial charge in [-0.15, -0.1) is 0 Å². The number of benzene rings is 18. The first kappa shape index (κ1) is 63.1. The summed E-state index contributed by atoms with van der Waals surface area (Å²) in [7, 11) is 0. The van der Waals surface area contributed by atoms with Crippen LogP contribution in [-0.4, -0.2) is 4.57 Å². The highest BCUT2D eigenvalue weighted by molar-refractivity contribution is 6.14. The third-order valence-corrected chi connectivity index (χ3v) is 22.5. The zero-order chi connectivity index (χ0) is 71.1. The number of hydrogen-bond donors (Lipinski definition) is 0. The summed E-state index contributed by atoms with van der Waals surface area (Å²) in [5, 5.41) is 9.81. The molecule has 0 unspecified atom stereocenters. The quantitative estimate of drug-likeness (QED) is 0.112. The fourth-order valence-electron chi connectivity index (χ4n) is 17.1. The number of aromatic nitrogens is 1. The average molecular weight is 1360 g/mol. The molecule has 1 aliphatic rings. The minimum atomic E-state index is -0.366. The molecule has 18 aromatic carbocycles. The van der Waals surface area contributed by atoms with Crippen LogP contribution in [0.4, 0.5) is 17.1 Å². The first-order valence-corrected chi connectivity index (χ1v) is 37.2. The molecule has 0 N–H and O–H groups in total. The second-order valence-corrected chi connectivity index (χ2v) is 29.2. The van der Waals surface area contributed by atoms with Crippen LogP contribution >= 0.6 is 0 Å². The van der Waals surface area contributed by atoms with Crippen LogP contribution in [0.1, 0.15) is 25.0 Å². The van der Waals surface area contributed by atoms with Gasteiger partial charge >= 0.3 is 0 Å². The molecule has 2 nitrogen and oxygen atoms in total. The van der Waals surface area contributed by atoms with E-state index in [9.17, 15) is 0 Å². The predicted octanol–water partition coefficient (Wildman–Crippen LogP) is 29.0. The summed E-state index contributed by atoms with van der Waals surface area (Å²) in [6.45, 7) is 4.84. The second kappa shape index (κ2) is 25.9. The number of nitrogens with zero attached hydrogens (tertiary/aromatic N) is 2. The Balaban J connectivity index is 0.724. The number of rotatable bonds is 13. The Morgan fingerprint density at radius 3 is 1.19 bits per heavy atom. The van der Waals surface area contributed by atoms with Gasteiger partial charge < -0.3 is 9.47 Å². The highest BCUT2D eigenvalue weighted by atomic mass is 15.1. The van der Waals surface area contributed by atoms with Crippen LogP contribution in [0, 0.1) is 0 Å². The van der Waals surface area contributed by atoms with Crippen LogP contribution in [0.5, 0.6) is 0 Å². The molecule has 0 radical (unpaired) electrons. The van der Waals surface area contributed by atoms with Crippen molar-refractivity contribution in [3.63, 3.8) is 0 Å². The van der Waals surface area contributed by atoms with E-state index in [2.05, 4.69) is 424 Å². The lowest BCUT2D eigenvalue weighted by Gasteiger charge is -2.28. The average Bonchev–Trinajstić information content (AvgIpc) is 1.66. The summed E-state index contributed by atoms with van der Waals surface area (Å²) in [6, 6.07) is 149. The largest absolute Gasteiger partial charge is 0.310 e. The summed E-state index contributed by atoms with van der Waals surface area (Å²) < 4.78 is 2.38. The lowest BCUT2D eigenvalue weighted by Crippen LogP contribution is -2.16. The van der Waals surface area contributed by atoms with Crippen LogP contribution in [-0.2, 0) is 5.41 Å². The molecule has 502 valence electrons. The maximum absolute atomic E-state index is 2.50. The lowest BCUT2D eigenvalue weighted by molar-refractivity contribution is 0.660. The van der Waals surface area contributed by atoms with Crippen molar-refractivity contribution < 1.29 is 0 Å². The molecule has 0 spiro atoms. The summed E-state index contributed by atoms with van der Waals surface area (Å²) in [5.41, 5.74) is 32.8. The van der Waals surface area contributed by atoms with Gasteiger partial charge in [0.25, 0.3) is 0 Å². The van der Waals surface area contributed by atoms with Crippen molar-refractivity contribution in [3.05, 3.63) is 412 Å². The molecule has 1 aliphatic carbocycles. The number of anilines is 3. The van der Waals surface area contributed by atoms with Crippen molar-refractivity contribution in [1.29, 1.82) is 0 Å². The number of hydrogen-bond acceptors (Lipinski definition) is 1. The fraction of sp³-hybridized carbons (Fsp3) is 0.0286. The molecule has 2 heteroatoms. The molecule has 20 rings (SSSR count). The van der Waals surface area contributed by atoms with Crippen LogP contribution < -0.4 is 4.90 Å². The molecule has 107 heavy (non-hydrogen) atoms. The van der Waals surface area contributed by atoms with Gasteiger partial charge in [-0.2, -0.15) is 0 Å². The van der Waals surface area contributed by atoms with Gasteiger partial charge in [-0.3, -0.25) is 0 Å². The SMILES string of the molecule is CC1(C)c2cc(-c3cc(-c4cc(-c5ccccc5)cc(-c5ccccc5)c4)cc(-c4ccc(-c5ccc6ccccc6c5)c5c(-c6ccc7ccccc7c6)cccc45)c3)ccc2-c2ccc(N(c3ccc(-c4ccccc4)cc3)c3ccc(-c4ccc5c(c4)c4ccccc4n5-c4ccccc4)cc3)cc21. The Morgan fingerprint density at radius 1 is 0.206 bits per heavy atom. The van der Waals surface area contributed by atoms with Crippen LogP contribution in [0.2, 0.25) is 0 Å². The van der Waals surface area contributed by atoms with E-state index in [1.165, 1.54) is 149 Å². The minimum Gasteiger partial charge on any atom is -0.310 e. The van der Waals surface area contributed by atoms with Gasteiger partial charge in [-0.25, -0.2) is 0 Å². The topological polar surface area (TPSA) is 8.17 Å². The van der Waals surface area contributed by atoms with Gasteiger partial charge in [0.1, 0.15) is 0 Å². The third kappa shape index (κ3) is 11.2. The molecule has 0 saturated heterocycles. The maximum Gasteiger partial charge on any atom is 0.0541 e. The van der Waals surface area contributed by atoms with Crippen LogP contribution in [0.15, 0.2) is 400 Å². The van der Waals surface area contributed by atoms with E-state index in [1.54, 1.807) is 0 Å². The van der Waals surface area contributed by atoms with Gasteiger partial charge in [0, 0.05) is 38.9 Å². The minimum absolute atomic E-state index is 0.366. The zero-order valence-electron chi connectivity index (χ0n) is 59.5. The van der Waals surface area contributed by atoms with Crippen LogP contribution in [0.3, 0.4) is 0 Å². The van der Waals surface area contributed by atoms with E-state index < -0.39 is 0 Å². The molecular formula is C105H72N2. The summed E-state index contributed by atoms with van der Waals surface area (Å²) in [6.07, 6.45) is 0. The molecule has 0 aliphatic heterocycles. The molecule has 0 saturated carbocycles. The molecular weight excluding hydrogens is 1290 g/mol. The van der Waals surface area contributed by atoms with Crippen molar-refractivity contribution in [1.82, 2.24) is 4.57 Å². The summed E-state index contributed by atoms with van der Waals surface area (Å²) >= 11 is 0. The van der Waals surface area contributed by atoms with Crippen molar-refractivity contribution in [2.24, 2.45) is 0 Å². The van der Waals surface area contributed by atoms with Gasteiger partial charge in [0.15, 0.2) is 0 Å². The van der Waals surface area contributed by atoms with E-state index >= 15 is 0 Å². The monoisotopic (exact) mass is 1360 g/mol. The molecule has 1 heterocycles. The molecule has 19 aromatic rings. The molecule has 0 fully saturated rings. The lowest BCUT2D eigenvalue weighted by atomic mass is 9.81. The maximum atomic E-state index is 2.50. The molecule has 1 aromatic heterocycles. The van der Waals surface area contributed by atoms with Gasteiger partial charge in [-0.1, -0.05) is 293 Å². The molecule has 0 bridgehead atoms. The molecule has 0 atom stereocenters. The van der Waals surface area contributed by atoms with Crippen LogP contribution in [0.25, 0.3) is 171 Å². The fourth-order valence-corrected chi connectivity index (χ4v) is 17.1. The Bertz CT molecular complexity index is 6520. The van der Waals surface area contributed by atoms with Gasteiger partial charge in [0.2, 0.25) is 0 Å².